The summed E-state index contributed by atoms with van der Waals surface area (Å²) in [5.74, 6) is 0.0938. The zero-order chi connectivity index (χ0) is 24.8. The molecule has 6 heteroatoms. The molecule has 0 saturated heterocycles. The first-order chi connectivity index (χ1) is 15.4. The second-order valence-corrected chi connectivity index (χ2v) is 10.8. The maximum absolute atomic E-state index is 13.3. The largest absolute Gasteiger partial charge is 0.354 e. The van der Waals surface area contributed by atoms with Crippen LogP contribution in [-0.2, 0) is 28.0 Å². The molecule has 0 heterocycles. The molecule has 0 aliphatic rings. The lowest BCUT2D eigenvalue weighted by Gasteiger charge is -2.29. The number of hydrogen-bond donors (Lipinski definition) is 1. The molecular weight excluding hydrogens is 455 g/mol. The Labute approximate surface area is 208 Å². The summed E-state index contributed by atoms with van der Waals surface area (Å²) in [6.45, 7) is 13.2. The van der Waals surface area contributed by atoms with E-state index in [1.165, 1.54) is 5.56 Å². The lowest BCUT2D eigenvalue weighted by molar-refractivity contribution is -0.140. The summed E-state index contributed by atoms with van der Waals surface area (Å²) in [5, 5.41) is 3.82. The molecule has 0 aliphatic carbocycles. The van der Waals surface area contributed by atoms with Gasteiger partial charge in [0.15, 0.2) is 0 Å². The molecule has 0 radical (unpaired) electrons. The highest BCUT2D eigenvalue weighted by molar-refractivity contribution is 6.42. The third-order valence-corrected chi connectivity index (χ3v) is 6.38. The van der Waals surface area contributed by atoms with Crippen LogP contribution in [0.15, 0.2) is 42.5 Å². The van der Waals surface area contributed by atoms with Crippen LogP contribution in [0.25, 0.3) is 0 Å². The van der Waals surface area contributed by atoms with Crippen molar-refractivity contribution < 1.29 is 9.59 Å². The van der Waals surface area contributed by atoms with E-state index in [2.05, 4.69) is 50.4 Å². The minimum absolute atomic E-state index is 0.0758. The predicted molar refractivity (Wildman–Crippen MR) is 138 cm³/mol. The molecule has 4 nitrogen and oxygen atoms in total. The average Bonchev–Trinajstić information content (AvgIpc) is 2.75. The van der Waals surface area contributed by atoms with E-state index in [1.807, 2.05) is 19.9 Å². The van der Waals surface area contributed by atoms with E-state index in [9.17, 15) is 9.59 Å². The smallest absolute Gasteiger partial charge is 0.242 e. The van der Waals surface area contributed by atoms with Gasteiger partial charge in [-0.25, -0.2) is 0 Å². The minimum Gasteiger partial charge on any atom is -0.354 e. The molecule has 2 aromatic rings. The number of hydrogen-bond acceptors (Lipinski definition) is 2. The fraction of sp³-hybridized carbons (Fsp3) is 0.481. The van der Waals surface area contributed by atoms with E-state index < -0.39 is 6.04 Å². The summed E-state index contributed by atoms with van der Waals surface area (Å²) in [4.78, 5) is 27.7. The Kier molecular flexibility index (Phi) is 9.81. The fourth-order valence-corrected chi connectivity index (χ4v) is 3.76. The molecule has 0 aromatic heterocycles. The van der Waals surface area contributed by atoms with Crippen LogP contribution in [0.1, 0.15) is 64.7 Å². The van der Waals surface area contributed by atoms with Gasteiger partial charge in [-0.1, -0.05) is 88.2 Å². The molecule has 0 saturated carbocycles. The molecule has 0 fully saturated rings. The van der Waals surface area contributed by atoms with Gasteiger partial charge < -0.3 is 10.2 Å². The first-order valence-corrected chi connectivity index (χ1v) is 12.2. The summed E-state index contributed by atoms with van der Waals surface area (Å²) < 4.78 is 0. The van der Waals surface area contributed by atoms with Crippen molar-refractivity contribution in [3.05, 3.63) is 69.2 Å². The van der Waals surface area contributed by atoms with E-state index in [1.54, 1.807) is 24.0 Å². The van der Waals surface area contributed by atoms with Gasteiger partial charge in [0.2, 0.25) is 11.8 Å². The summed E-state index contributed by atoms with van der Waals surface area (Å²) >= 11 is 12.2. The maximum atomic E-state index is 13.3. The number of carbonyl (C=O) groups excluding carboxylic acids is 2. The maximum Gasteiger partial charge on any atom is 0.242 e. The predicted octanol–water partition coefficient (Wildman–Crippen LogP) is 6.41. The molecular formula is C27H36Cl2N2O2. The average molecular weight is 492 g/mol. The van der Waals surface area contributed by atoms with E-state index in [4.69, 9.17) is 23.2 Å². The second-order valence-electron chi connectivity index (χ2n) is 10.0. The van der Waals surface area contributed by atoms with Gasteiger partial charge in [-0.3, -0.25) is 9.59 Å². The summed E-state index contributed by atoms with van der Waals surface area (Å²) in [6, 6.07) is 13.1. The number of halogens is 2. The first-order valence-electron chi connectivity index (χ1n) is 11.5. The van der Waals surface area contributed by atoms with Crippen molar-refractivity contribution in [1.29, 1.82) is 0 Å². The molecule has 0 unspecified atom stereocenters. The molecule has 0 aliphatic heterocycles. The molecule has 2 aromatic carbocycles. The van der Waals surface area contributed by atoms with Crippen molar-refractivity contribution in [2.24, 2.45) is 5.92 Å². The molecule has 33 heavy (non-hydrogen) atoms. The van der Waals surface area contributed by atoms with Crippen LogP contribution in [0, 0.1) is 5.92 Å². The van der Waals surface area contributed by atoms with Crippen LogP contribution in [0.5, 0.6) is 0 Å². The molecule has 0 bridgehead atoms. The lowest BCUT2D eigenvalue weighted by atomic mass is 9.86. The van der Waals surface area contributed by atoms with Gasteiger partial charge in [0.1, 0.15) is 6.04 Å². The molecule has 0 spiro atoms. The summed E-state index contributed by atoms with van der Waals surface area (Å²) in [5.41, 5.74) is 3.27. The van der Waals surface area contributed by atoms with E-state index in [0.717, 1.165) is 11.1 Å². The van der Waals surface area contributed by atoms with Crippen molar-refractivity contribution in [3.8, 4) is 0 Å². The Balaban J connectivity index is 2.15. The zero-order valence-electron chi connectivity index (χ0n) is 20.5. The van der Waals surface area contributed by atoms with Crippen LogP contribution >= 0.6 is 23.2 Å². The van der Waals surface area contributed by atoms with E-state index >= 15 is 0 Å². The Bertz CT molecular complexity index is 950. The standard InChI is InChI=1S/C27H36Cl2N2O2/c1-18(2)16-30-26(33)19(3)31(17-21-9-13-23(28)24(29)15-21)25(32)14-10-20-7-11-22(12-8-20)27(4,5)6/h7-9,11-13,15,18-19H,10,14,16-17H2,1-6H3,(H,30,33)/t19-/m0/s1. The highest BCUT2D eigenvalue weighted by atomic mass is 35.5. The number of benzene rings is 2. The third kappa shape index (κ3) is 8.35. The number of nitrogens with one attached hydrogen (secondary N) is 1. The van der Waals surface area contributed by atoms with Gasteiger partial charge in [-0.15, -0.1) is 0 Å². The highest BCUT2D eigenvalue weighted by Crippen LogP contribution is 2.25. The van der Waals surface area contributed by atoms with Crippen molar-refractivity contribution in [3.63, 3.8) is 0 Å². The SMILES string of the molecule is CC(C)CNC(=O)[C@H](C)N(Cc1ccc(Cl)c(Cl)c1)C(=O)CCc1ccc(C(C)(C)C)cc1. The molecule has 2 amide bonds. The Morgan fingerprint density at radius 2 is 1.55 bits per heavy atom. The Morgan fingerprint density at radius 1 is 0.939 bits per heavy atom. The lowest BCUT2D eigenvalue weighted by Crippen LogP contribution is -2.48. The zero-order valence-corrected chi connectivity index (χ0v) is 22.1. The minimum atomic E-state index is -0.603. The number of rotatable bonds is 9. The molecule has 180 valence electrons. The second kappa shape index (κ2) is 11.9. The van der Waals surface area contributed by atoms with Gasteiger partial charge >= 0.3 is 0 Å². The third-order valence-electron chi connectivity index (χ3n) is 5.64. The fourth-order valence-electron chi connectivity index (χ4n) is 3.44. The van der Waals surface area contributed by atoms with Crippen molar-refractivity contribution in [2.45, 2.75) is 72.4 Å². The van der Waals surface area contributed by atoms with Gasteiger partial charge in [0.25, 0.3) is 0 Å². The van der Waals surface area contributed by atoms with Crippen LogP contribution in [0.3, 0.4) is 0 Å². The van der Waals surface area contributed by atoms with Gasteiger partial charge in [0.05, 0.1) is 10.0 Å². The van der Waals surface area contributed by atoms with Crippen molar-refractivity contribution >= 4 is 35.0 Å². The molecule has 2 rings (SSSR count). The Morgan fingerprint density at radius 3 is 2.09 bits per heavy atom. The van der Waals surface area contributed by atoms with Crippen LogP contribution in [0.4, 0.5) is 0 Å². The topological polar surface area (TPSA) is 49.4 Å². The number of carbonyl (C=O) groups is 2. The van der Waals surface area contributed by atoms with Gasteiger partial charge in [-0.05, 0) is 53.5 Å². The van der Waals surface area contributed by atoms with E-state index in [0.29, 0.717) is 35.3 Å². The Hall–Kier alpha value is -2.04. The van der Waals surface area contributed by atoms with Crippen molar-refractivity contribution in [1.82, 2.24) is 10.2 Å². The van der Waals surface area contributed by atoms with Crippen LogP contribution in [-0.4, -0.2) is 29.3 Å². The summed E-state index contributed by atoms with van der Waals surface area (Å²) in [6.07, 6.45) is 0.930. The number of amides is 2. The van der Waals surface area contributed by atoms with Crippen molar-refractivity contribution in [2.75, 3.05) is 6.54 Å². The quantitative estimate of drug-likeness (QED) is 0.441. The molecule has 1 atom stereocenters. The number of aryl methyl sites for hydroxylation is 1. The number of nitrogens with zero attached hydrogens (tertiary/aromatic N) is 1. The van der Waals surface area contributed by atoms with Gasteiger partial charge in [-0.2, -0.15) is 0 Å². The highest BCUT2D eigenvalue weighted by Gasteiger charge is 2.26. The first kappa shape index (κ1) is 27.2. The monoisotopic (exact) mass is 490 g/mol. The van der Waals surface area contributed by atoms with Gasteiger partial charge in [0, 0.05) is 19.5 Å². The van der Waals surface area contributed by atoms with Crippen LogP contribution in [0.2, 0.25) is 10.0 Å². The summed E-state index contributed by atoms with van der Waals surface area (Å²) in [7, 11) is 0. The van der Waals surface area contributed by atoms with Crippen LogP contribution < -0.4 is 5.32 Å². The molecule has 1 N–H and O–H groups in total. The normalized spacial score (nSPS) is 12.5. The van der Waals surface area contributed by atoms with E-state index in [-0.39, 0.29) is 23.8 Å².